The maximum Gasteiger partial charge on any atom is 0.332 e. The van der Waals surface area contributed by atoms with E-state index in [0.29, 0.717) is 41.5 Å². The van der Waals surface area contributed by atoms with Crippen molar-refractivity contribution in [2.75, 3.05) is 6.79 Å². The second-order valence-corrected chi connectivity index (χ2v) is 7.94. The van der Waals surface area contributed by atoms with Gasteiger partial charge in [0.1, 0.15) is 11.3 Å². The summed E-state index contributed by atoms with van der Waals surface area (Å²) in [5.74, 6) is 2.22. The highest BCUT2D eigenvalue weighted by atomic mass is 16.7. The zero-order chi connectivity index (χ0) is 21.0. The molecule has 30 heavy (non-hydrogen) atoms. The van der Waals surface area contributed by atoms with E-state index in [1.54, 1.807) is 17.0 Å². The van der Waals surface area contributed by atoms with Gasteiger partial charge in [0, 0.05) is 37.8 Å². The number of rotatable bonds is 4. The van der Waals surface area contributed by atoms with Crippen molar-refractivity contribution in [2.45, 2.75) is 26.8 Å². The molecule has 3 aromatic heterocycles. The van der Waals surface area contributed by atoms with E-state index in [4.69, 9.17) is 9.47 Å². The average Bonchev–Trinajstić information content (AvgIpc) is 3.34. The first-order valence-corrected chi connectivity index (χ1v) is 9.77. The van der Waals surface area contributed by atoms with E-state index >= 15 is 0 Å². The lowest BCUT2D eigenvalue weighted by Gasteiger charge is -2.10. The quantitative estimate of drug-likeness (QED) is 0.555. The molecule has 1 aliphatic rings. The van der Waals surface area contributed by atoms with Gasteiger partial charge in [-0.2, -0.15) is 0 Å². The molecular formula is C21H21N5O4. The van der Waals surface area contributed by atoms with E-state index in [9.17, 15) is 9.59 Å². The highest BCUT2D eigenvalue weighted by molar-refractivity contribution is 5.88. The van der Waals surface area contributed by atoms with Crippen molar-refractivity contribution in [3.05, 3.63) is 56.8 Å². The van der Waals surface area contributed by atoms with Gasteiger partial charge in [0.2, 0.25) is 6.79 Å². The lowest BCUT2D eigenvalue weighted by Crippen LogP contribution is -2.38. The molecule has 1 aromatic carbocycles. The summed E-state index contributed by atoms with van der Waals surface area (Å²) < 4.78 is 13.6. The summed E-state index contributed by atoms with van der Waals surface area (Å²) in [5.41, 5.74) is 0.905. The van der Waals surface area contributed by atoms with E-state index in [1.807, 2.05) is 26.0 Å². The monoisotopic (exact) mass is 407 g/mol. The summed E-state index contributed by atoms with van der Waals surface area (Å²) in [5, 5.41) is 1.91. The SMILES string of the molecule is CC(C)Cn1c(=O)n(C)c(=O)c2[nH]c(Cc3cncc4cc5c(cc34)OCO5)nc21. The van der Waals surface area contributed by atoms with Gasteiger partial charge in [0.15, 0.2) is 17.1 Å². The van der Waals surface area contributed by atoms with Crippen LogP contribution >= 0.6 is 0 Å². The number of fused-ring (bicyclic) bond motifs is 3. The Labute approximate surface area is 170 Å². The minimum atomic E-state index is -0.381. The molecule has 4 heterocycles. The van der Waals surface area contributed by atoms with Gasteiger partial charge in [-0.3, -0.25) is 18.9 Å². The van der Waals surface area contributed by atoms with Crippen molar-refractivity contribution in [3.63, 3.8) is 0 Å². The Morgan fingerprint density at radius 3 is 2.70 bits per heavy atom. The van der Waals surface area contributed by atoms with Crippen molar-refractivity contribution in [2.24, 2.45) is 13.0 Å². The molecule has 0 spiro atoms. The smallest absolute Gasteiger partial charge is 0.332 e. The predicted octanol–water partition coefficient (Wildman–Crippen LogP) is 1.95. The number of H-pyrrole nitrogens is 1. The number of aromatic amines is 1. The number of nitrogens with zero attached hydrogens (tertiary/aromatic N) is 4. The summed E-state index contributed by atoms with van der Waals surface area (Å²) in [7, 11) is 1.48. The fourth-order valence-corrected chi connectivity index (χ4v) is 3.84. The molecule has 9 nitrogen and oxygen atoms in total. The van der Waals surface area contributed by atoms with Crippen LogP contribution in [0.2, 0.25) is 0 Å². The summed E-state index contributed by atoms with van der Waals surface area (Å²) >= 11 is 0. The van der Waals surface area contributed by atoms with Crippen molar-refractivity contribution in [1.82, 2.24) is 24.1 Å². The maximum absolute atomic E-state index is 12.6. The van der Waals surface area contributed by atoms with Gasteiger partial charge in [0.25, 0.3) is 5.56 Å². The molecule has 0 aliphatic carbocycles. The molecule has 4 aromatic rings. The van der Waals surface area contributed by atoms with Crippen molar-refractivity contribution in [3.8, 4) is 11.5 Å². The van der Waals surface area contributed by atoms with Crippen LogP contribution in [0.25, 0.3) is 21.9 Å². The van der Waals surface area contributed by atoms with E-state index in [-0.39, 0.29) is 24.0 Å². The van der Waals surface area contributed by atoms with Crippen molar-refractivity contribution in [1.29, 1.82) is 0 Å². The zero-order valence-electron chi connectivity index (χ0n) is 16.9. The van der Waals surface area contributed by atoms with Gasteiger partial charge < -0.3 is 14.5 Å². The minimum absolute atomic E-state index is 0.203. The van der Waals surface area contributed by atoms with Crippen LogP contribution in [0.4, 0.5) is 0 Å². The van der Waals surface area contributed by atoms with Gasteiger partial charge >= 0.3 is 5.69 Å². The predicted molar refractivity (Wildman–Crippen MR) is 111 cm³/mol. The first kappa shape index (κ1) is 18.4. The average molecular weight is 407 g/mol. The molecular weight excluding hydrogens is 386 g/mol. The Morgan fingerprint density at radius 2 is 1.93 bits per heavy atom. The third kappa shape index (κ3) is 2.85. The van der Waals surface area contributed by atoms with Crippen LogP contribution in [0.1, 0.15) is 25.2 Å². The summed E-state index contributed by atoms with van der Waals surface area (Å²) in [6.45, 7) is 4.72. The number of benzene rings is 1. The largest absolute Gasteiger partial charge is 0.454 e. The standard InChI is InChI=1S/C21H21N5O4/c1-11(2)9-26-19-18(20(27)25(3)21(26)28)23-17(24-19)5-13-8-22-7-12-4-15-16(6-14(12)13)30-10-29-15/h4,6-8,11H,5,9-10H2,1-3H3,(H,23,24). The Bertz CT molecular complexity index is 1410. The van der Waals surface area contributed by atoms with E-state index in [2.05, 4.69) is 15.0 Å². The number of hydrogen-bond acceptors (Lipinski definition) is 6. The van der Waals surface area contributed by atoms with Gasteiger partial charge in [0.05, 0.1) is 0 Å². The molecule has 5 rings (SSSR count). The minimum Gasteiger partial charge on any atom is -0.454 e. The Balaban J connectivity index is 1.64. The zero-order valence-corrected chi connectivity index (χ0v) is 16.9. The van der Waals surface area contributed by atoms with Crippen molar-refractivity contribution >= 4 is 21.9 Å². The van der Waals surface area contributed by atoms with Crippen LogP contribution in [-0.2, 0) is 20.0 Å². The third-order valence-corrected chi connectivity index (χ3v) is 5.27. The van der Waals surface area contributed by atoms with Gasteiger partial charge in [-0.05, 0) is 29.0 Å². The molecule has 0 amide bonds. The molecule has 0 bridgehead atoms. The molecule has 0 radical (unpaired) electrons. The van der Waals surface area contributed by atoms with Gasteiger partial charge in [-0.1, -0.05) is 13.8 Å². The van der Waals surface area contributed by atoms with Crippen LogP contribution in [0, 0.1) is 5.92 Å². The highest BCUT2D eigenvalue weighted by Gasteiger charge is 2.19. The van der Waals surface area contributed by atoms with Crippen LogP contribution in [0.15, 0.2) is 34.1 Å². The lowest BCUT2D eigenvalue weighted by atomic mass is 10.0. The lowest BCUT2D eigenvalue weighted by molar-refractivity contribution is 0.174. The van der Waals surface area contributed by atoms with Crippen LogP contribution in [-0.4, -0.2) is 30.9 Å². The number of imidazole rings is 1. The first-order chi connectivity index (χ1) is 14.4. The molecule has 9 heteroatoms. The molecule has 0 saturated heterocycles. The Morgan fingerprint density at radius 1 is 1.17 bits per heavy atom. The number of pyridine rings is 1. The molecule has 1 N–H and O–H groups in total. The molecule has 154 valence electrons. The van der Waals surface area contributed by atoms with Crippen LogP contribution in [0.5, 0.6) is 11.5 Å². The van der Waals surface area contributed by atoms with E-state index in [1.165, 1.54) is 7.05 Å². The van der Waals surface area contributed by atoms with E-state index in [0.717, 1.165) is 20.9 Å². The molecule has 0 unspecified atom stereocenters. The number of hydrogen-bond donors (Lipinski definition) is 1. The Kier molecular flexibility index (Phi) is 4.12. The fraction of sp³-hybridized carbons (Fsp3) is 0.333. The topological polar surface area (TPSA) is 104 Å². The van der Waals surface area contributed by atoms with Crippen LogP contribution < -0.4 is 20.7 Å². The normalized spacial score (nSPS) is 13.1. The number of aromatic nitrogens is 5. The molecule has 0 fully saturated rings. The molecule has 0 atom stereocenters. The first-order valence-electron chi connectivity index (χ1n) is 9.77. The highest BCUT2D eigenvalue weighted by Crippen LogP contribution is 2.37. The summed E-state index contributed by atoms with van der Waals surface area (Å²) in [6, 6.07) is 3.84. The maximum atomic E-state index is 12.6. The summed E-state index contributed by atoms with van der Waals surface area (Å²) in [4.78, 5) is 37.3. The second-order valence-electron chi connectivity index (χ2n) is 7.94. The molecule has 0 saturated carbocycles. The van der Waals surface area contributed by atoms with Crippen molar-refractivity contribution < 1.29 is 9.47 Å². The summed E-state index contributed by atoms with van der Waals surface area (Å²) in [6.07, 6.45) is 3.98. The Hall–Kier alpha value is -3.62. The van der Waals surface area contributed by atoms with E-state index < -0.39 is 0 Å². The van der Waals surface area contributed by atoms with Crippen LogP contribution in [0.3, 0.4) is 0 Å². The van der Waals surface area contributed by atoms with Gasteiger partial charge in [-0.15, -0.1) is 0 Å². The molecule has 1 aliphatic heterocycles. The third-order valence-electron chi connectivity index (χ3n) is 5.27. The second kappa shape index (κ2) is 6.72. The fourth-order valence-electron chi connectivity index (χ4n) is 3.84. The van der Waals surface area contributed by atoms with Gasteiger partial charge in [-0.25, -0.2) is 9.78 Å². The number of nitrogens with one attached hydrogen (secondary N) is 1. The number of ether oxygens (including phenoxy) is 2.